The van der Waals surface area contributed by atoms with Crippen LogP contribution in [0.1, 0.15) is 22.7 Å². The van der Waals surface area contributed by atoms with E-state index in [1.54, 1.807) is 28.4 Å². The van der Waals surface area contributed by atoms with Gasteiger partial charge >= 0.3 is 0 Å². The number of hydrogen-bond acceptors (Lipinski definition) is 6. The first-order chi connectivity index (χ1) is 16.5. The highest BCUT2D eigenvalue weighted by Gasteiger charge is 2.33. The molecule has 0 amide bonds. The van der Waals surface area contributed by atoms with E-state index in [0.29, 0.717) is 28.8 Å². The Balaban J connectivity index is 1.82. The first-order valence-electron chi connectivity index (χ1n) is 11.2. The molecule has 1 aliphatic heterocycles. The normalized spacial score (nSPS) is 15.9. The molecule has 180 valence electrons. The van der Waals surface area contributed by atoms with Crippen molar-refractivity contribution in [2.24, 2.45) is 0 Å². The van der Waals surface area contributed by atoms with E-state index in [1.165, 1.54) is 5.56 Å². The summed E-state index contributed by atoms with van der Waals surface area (Å²) in [6.45, 7) is 2.77. The third kappa shape index (κ3) is 4.57. The number of methoxy groups -OCH3 is 4. The van der Waals surface area contributed by atoms with Gasteiger partial charge in [-0.2, -0.15) is 0 Å². The Morgan fingerprint density at radius 1 is 0.882 bits per heavy atom. The molecule has 0 aromatic heterocycles. The maximum absolute atomic E-state index is 13.5. The van der Waals surface area contributed by atoms with Gasteiger partial charge in [0.05, 0.1) is 56.7 Å². The fourth-order valence-electron chi connectivity index (χ4n) is 4.52. The summed E-state index contributed by atoms with van der Waals surface area (Å²) in [5.74, 6) is 3.11. The predicted molar refractivity (Wildman–Crippen MR) is 135 cm³/mol. The van der Waals surface area contributed by atoms with Crippen molar-refractivity contribution in [3.63, 3.8) is 0 Å². The standard InChI is InChI=1S/C27H31NO5S/c1-18-9-11-20(12-10-18)34(29)17-23-21-16-26(32-4)25(31-3)15-19(21)13-14-28(23)22-7-6-8-24(30-2)27(22)33-5/h6-12,15-16,23H,13-14,17H2,1-5H3/t23-,34+/m0/s1. The Kier molecular flexibility index (Phi) is 7.32. The quantitative estimate of drug-likeness (QED) is 0.454. The molecule has 1 aliphatic rings. The van der Waals surface area contributed by atoms with Gasteiger partial charge in [0.25, 0.3) is 0 Å². The van der Waals surface area contributed by atoms with Crippen molar-refractivity contribution >= 4 is 16.5 Å². The summed E-state index contributed by atoms with van der Waals surface area (Å²) >= 11 is 0. The number of para-hydroxylation sites is 1. The molecule has 7 heteroatoms. The molecule has 0 spiro atoms. The molecule has 0 saturated heterocycles. The average molecular weight is 482 g/mol. The number of rotatable bonds is 8. The zero-order valence-corrected chi connectivity index (χ0v) is 21.1. The van der Waals surface area contributed by atoms with Crippen LogP contribution in [0.2, 0.25) is 0 Å². The minimum absolute atomic E-state index is 0.160. The molecule has 2 atom stereocenters. The second-order valence-corrected chi connectivity index (χ2v) is 9.70. The summed E-state index contributed by atoms with van der Waals surface area (Å²) in [6, 6.07) is 17.6. The lowest BCUT2D eigenvalue weighted by Crippen LogP contribution is -2.38. The molecule has 0 bridgehead atoms. The van der Waals surface area contributed by atoms with Gasteiger partial charge < -0.3 is 23.8 Å². The minimum atomic E-state index is -1.21. The van der Waals surface area contributed by atoms with Crippen LogP contribution < -0.4 is 23.8 Å². The summed E-state index contributed by atoms with van der Waals surface area (Å²) in [5, 5.41) is 0. The Labute approximate surface area is 203 Å². The lowest BCUT2D eigenvalue weighted by atomic mass is 9.92. The topological polar surface area (TPSA) is 57.2 Å². The molecule has 1 heterocycles. The summed E-state index contributed by atoms with van der Waals surface area (Å²) in [7, 11) is 5.35. The van der Waals surface area contributed by atoms with Crippen LogP contribution in [0.5, 0.6) is 23.0 Å². The van der Waals surface area contributed by atoms with Crippen molar-refractivity contribution in [3.8, 4) is 23.0 Å². The van der Waals surface area contributed by atoms with Gasteiger partial charge in [-0.05, 0) is 60.9 Å². The fourth-order valence-corrected chi connectivity index (χ4v) is 5.80. The zero-order valence-electron chi connectivity index (χ0n) is 20.3. The number of aryl methyl sites for hydroxylation is 1. The average Bonchev–Trinajstić information content (AvgIpc) is 2.87. The molecular weight excluding hydrogens is 450 g/mol. The summed E-state index contributed by atoms with van der Waals surface area (Å²) in [5.41, 5.74) is 4.30. The molecule has 0 unspecified atom stereocenters. The molecule has 0 fully saturated rings. The fraction of sp³-hybridized carbons (Fsp3) is 0.333. The Morgan fingerprint density at radius 2 is 1.56 bits per heavy atom. The smallest absolute Gasteiger partial charge is 0.184 e. The van der Waals surface area contributed by atoms with Gasteiger partial charge in [0.2, 0.25) is 0 Å². The highest BCUT2D eigenvalue weighted by atomic mass is 32.2. The van der Waals surface area contributed by atoms with Crippen LogP contribution in [0.15, 0.2) is 59.5 Å². The Morgan fingerprint density at radius 3 is 2.21 bits per heavy atom. The highest BCUT2D eigenvalue weighted by molar-refractivity contribution is 7.85. The molecule has 34 heavy (non-hydrogen) atoms. The largest absolute Gasteiger partial charge is 0.493 e. The Bertz CT molecular complexity index is 1180. The van der Waals surface area contributed by atoms with Crippen LogP contribution in [0, 0.1) is 6.92 Å². The molecule has 0 N–H and O–H groups in total. The van der Waals surface area contributed by atoms with Crippen LogP contribution in [0.4, 0.5) is 5.69 Å². The van der Waals surface area contributed by atoms with Crippen molar-refractivity contribution in [3.05, 3.63) is 71.3 Å². The van der Waals surface area contributed by atoms with Gasteiger partial charge in [-0.15, -0.1) is 0 Å². The predicted octanol–water partition coefficient (Wildman–Crippen LogP) is 4.94. The van der Waals surface area contributed by atoms with Crippen molar-refractivity contribution in [2.45, 2.75) is 24.3 Å². The van der Waals surface area contributed by atoms with Gasteiger partial charge in [-0.25, -0.2) is 0 Å². The monoisotopic (exact) mass is 481 g/mol. The van der Waals surface area contributed by atoms with Crippen LogP contribution in [0.3, 0.4) is 0 Å². The molecule has 3 aromatic carbocycles. The second kappa shape index (κ2) is 10.4. The van der Waals surface area contributed by atoms with Gasteiger partial charge in [0.1, 0.15) is 0 Å². The van der Waals surface area contributed by atoms with E-state index in [9.17, 15) is 4.21 Å². The second-order valence-electron chi connectivity index (χ2n) is 8.20. The van der Waals surface area contributed by atoms with E-state index in [2.05, 4.69) is 4.90 Å². The minimum Gasteiger partial charge on any atom is -0.493 e. The first-order valence-corrected chi connectivity index (χ1v) is 12.5. The molecule has 0 saturated carbocycles. The number of anilines is 1. The van der Waals surface area contributed by atoms with E-state index >= 15 is 0 Å². The zero-order chi connectivity index (χ0) is 24.2. The van der Waals surface area contributed by atoms with Gasteiger partial charge in [0.15, 0.2) is 23.0 Å². The van der Waals surface area contributed by atoms with Crippen molar-refractivity contribution < 1.29 is 23.2 Å². The van der Waals surface area contributed by atoms with Gasteiger partial charge in [-0.3, -0.25) is 4.21 Å². The van der Waals surface area contributed by atoms with E-state index in [4.69, 9.17) is 18.9 Å². The summed E-state index contributed by atoms with van der Waals surface area (Å²) in [6.07, 6.45) is 0.809. The van der Waals surface area contributed by atoms with Crippen LogP contribution in [0.25, 0.3) is 0 Å². The number of ether oxygens (including phenoxy) is 4. The number of fused-ring (bicyclic) bond motifs is 1. The van der Waals surface area contributed by atoms with E-state index in [-0.39, 0.29) is 6.04 Å². The molecular formula is C27H31NO5S. The third-order valence-corrected chi connectivity index (χ3v) is 7.70. The number of hydrogen-bond donors (Lipinski definition) is 0. The van der Waals surface area contributed by atoms with Gasteiger partial charge in [-0.1, -0.05) is 23.8 Å². The lowest BCUT2D eigenvalue weighted by molar-refractivity contribution is 0.351. The first kappa shape index (κ1) is 24.0. The van der Waals surface area contributed by atoms with E-state index in [1.807, 2.05) is 61.5 Å². The van der Waals surface area contributed by atoms with E-state index in [0.717, 1.165) is 34.7 Å². The number of benzene rings is 3. The molecule has 3 aromatic rings. The van der Waals surface area contributed by atoms with Crippen LogP contribution in [-0.4, -0.2) is 44.9 Å². The molecule has 4 rings (SSSR count). The van der Waals surface area contributed by atoms with Crippen molar-refractivity contribution in [2.75, 3.05) is 45.6 Å². The molecule has 0 aliphatic carbocycles. The number of nitrogens with zero attached hydrogens (tertiary/aromatic N) is 1. The Hall–Kier alpha value is -3.19. The highest BCUT2D eigenvalue weighted by Crippen LogP contribution is 2.45. The molecule has 0 radical (unpaired) electrons. The van der Waals surface area contributed by atoms with Gasteiger partial charge in [0, 0.05) is 11.4 Å². The summed E-state index contributed by atoms with van der Waals surface area (Å²) in [4.78, 5) is 3.08. The third-order valence-electron chi connectivity index (χ3n) is 6.29. The molecule has 6 nitrogen and oxygen atoms in total. The summed E-state index contributed by atoms with van der Waals surface area (Å²) < 4.78 is 36.0. The van der Waals surface area contributed by atoms with Crippen LogP contribution >= 0.6 is 0 Å². The van der Waals surface area contributed by atoms with Crippen molar-refractivity contribution in [1.29, 1.82) is 0 Å². The lowest BCUT2D eigenvalue weighted by Gasteiger charge is -2.40. The maximum atomic E-state index is 13.5. The SMILES string of the molecule is COc1cc2c(cc1OC)[C@H](C[S@@](=O)c1ccc(C)cc1)N(c1cccc(OC)c1OC)CC2. The van der Waals surface area contributed by atoms with Crippen molar-refractivity contribution in [1.82, 2.24) is 0 Å². The maximum Gasteiger partial charge on any atom is 0.184 e. The van der Waals surface area contributed by atoms with Crippen LogP contribution in [-0.2, 0) is 17.2 Å². The van der Waals surface area contributed by atoms with E-state index < -0.39 is 10.8 Å².